The average molecular weight is 377 g/mol. The summed E-state index contributed by atoms with van der Waals surface area (Å²) < 4.78 is 0. The Hall–Kier alpha value is -2.66. The van der Waals surface area contributed by atoms with Crippen molar-refractivity contribution in [3.8, 4) is 0 Å². The molecule has 5 nitrogen and oxygen atoms in total. The zero-order chi connectivity index (χ0) is 19.3. The summed E-state index contributed by atoms with van der Waals surface area (Å²) in [5.41, 5.74) is 3.69. The number of hydrogen-bond acceptors (Lipinski definition) is 3. The summed E-state index contributed by atoms with van der Waals surface area (Å²) >= 11 is 0. The molecule has 3 aromatic rings. The maximum Gasteiger partial charge on any atom is 0.270 e. The van der Waals surface area contributed by atoms with Crippen LogP contribution in [0.3, 0.4) is 0 Å². The minimum absolute atomic E-state index is 0.0780. The number of aromatic nitrogens is 2. The minimum atomic E-state index is 0.0780. The maximum atomic E-state index is 13.2. The van der Waals surface area contributed by atoms with Gasteiger partial charge in [-0.05, 0) is 56.4 Å². The van der Waals surface area contributed by atoms with E-state index >= 15 is 0 Å². The van der Waals surface area contributed by atoms with Gasteiger partial charge in [-0.2, -0.15) is 0 Å². The highest BCUT2D eigenvalue weighted by Gasteiger charge is 2.29. The van der Waals surface area contributed by atoms with E-state index in [2.05, 4.69) is 46.5 Å². The van der Waals surface area contributed by atoms with Crippen LogP contribution in [0.2, 0.25) is 0 Å². The summed E-state index contributed by atoms with van der Waals surface area (Å²) in [7, 11) is 0. The smallest absolute Gasteiger partial charge is 0.270 e. The zero-order valence-corrected chi connectivity index (χ0v) is 16.4. The van der Waals surface area contributed by atoms with Gasteiger partial charge in [0.15, 0.2) is 0 Å². The third kappa shape index (κ3) is 4.09. The minimum Gasteiger partial charge on any atom is -0.349 e. The molecule has 2 N–H and O–H groups in total. The molecule has 1 fully saturated rings. The third-order valence-electron chi connectivity index (χ3n) is 5.75. The standard InChI is InChI=1S/C23H28N4O/c1-2-27(23(28)22-15-21-20(26-22)12-7-13-24-21)19-11-6-10-18(14-19)25-16-17-8-4-3-5-9-17/h3-5,7-9,12-13,15,18-19,25-26H,2,6,10-11,14,16H2,1H3. The van der Waals surface area contributed by atoms with Gasteiger partial charge in [0.25, 0.3) is 5.91 Å². The molecule has 1 aliphatic carbocycles. The highest BCUT2D eigenvalue weighted by Crippen LogP contribution is 2.25. The lowest BCUT2D eigenvalue weighted by atomic mass is 9.89. The van der Waals surface area contributed by atoms with Crippen molar-refractivity contribution >= 4 is 16.9 Å². The Morgan fingerprint density at radius 3 is 2.86 bits per heavy atom. The first-order valence-electron chi connectivity index (χ1n) is 10.3. The Morgan fingerprint density at radius 2 is 2.07 bits per heavy atom. The molecule has 1 saturated carbocycles. The van der Waals surface area contributed by atoms with Crippen LogP contribution < -0.4 is 5.32 Å². The summed E-state index contributed by atoms with van der Waals surface area (Å²) in [4.78, 5) is 22.8. The topological polar surface area (TPSA) is 61.0 Å². The Labute approximate surface area is 166 Å². The van der Waals surface area contributed by atoms with Crippen molar-refractivity contribution in [1.29, 1.82) is 0 Å². The molecule has 2 aromatic heterocycles. The van der Waals surface area contributed by atoms with Crippen molar-refractivity contribution in [2.45, 2.75) is 51.2 Å². The van der Waals surface area contributed by atoms with Gasteiger partial charge in [0.05, 0.1) is 11.0 Å². The predicted molar refractivity (Wildman–Crippen MR) is 112 cm³/mol. The SMILES string of the molecule is CCN(C(=O)c1cc2ncccc2[nH]1)C1CCCC(NCc2ccccc2)C1. The van der Waals surface area contributed by atoms with Gasteiger partial charge in [-0.3, -0.25) is 9.78 Å². The lowest BCUT2D eigenvalue weighted by Gasteiger charge is -2.37. The van der Waals surface area contributed by atoms with E-state index in [-0.39, 0.29) is 11.9 Å². The molecule has 0 spiro atoms. The van der Waals surface area contributed by atoms with E-state index in [1.807, 2.05) is 29.2 Å². The lowest BCUT2D eigenvalue weighted by Crippen LogP contribution is -2.46. The molecule has 2 heterocycles. The number of benzene rings is 1. The van der Waals surface area contributed by atoms with Crippen molar-refractivity contribution in [3.05, 3.63) is 66.0 Å². The molecule has 2 unspecified atom stereocenters. The number of hydrogen-bond donors (Lipinski definition) is 2. The first-order chi connectivity index (χ1) is 13.7. The summed E-state index contributed by atoms with van der Waals surface area (Å²) in [6, 6.07) is 16.9. The van der Waals surface area contributed by atoms with E-state index in [1.165, 1.54) is 12.0 Å². The molecule has 2 atom stereocenters. The summed E-state index contributed by atoms with van der Waals surface area (Å²) in [5, 5.41) is 3.69. The number of H-pyrrole nitrogens is 1. The largest absolute Gasteiger partial charge is 0.349 e. The molecule has 0 radical (unpaired) electrons. The van der Waals surface area contributed by atoms with E-state index in [9.17, 15) is 4.79 Å². The zero-order valence-electron chi connectivity index (χ0n) is 16.4. The van der Waals surface area contributed by atoms with Gasteiger partial charge < -0.3 is 15.2 Å². The molecule has 0 saturated heterocycles. The molecule has 1 amide bonds. The normalized spacial score (nSPS) is 19.6. The van der Waals surface area contributed by atoms with Crippen LogP contribution in [0.1, 0.15) is 48.7 Å². The predicted octanol–water partition coefficient (Wildman–Crippen LogP) is 4.13. The fraction of sp³-hybridized carbons (Fsp3) is 0.391. The van der Waals surface area contributed by atoms with Crippen LogP contribution in [0.5, 0.6) is 0 Å². The van der Waals surface area contributed by atoms with Crippen LogP contribution in [-0.2, 0) is 6.54 Å². The number of aromatic amines is 1. The monoisotopic (exact) mass is 376 g/mol. The van der Waals surface area contributed by atoms with Crippen molar-refractivity contribution in [2.75, 3.05) is 6.54 Å². The van der Waals surface area contributed by atoms with Crippen LogP contribution in [0.25, 0.3) is 11.0 Å². The number of carbonyl (C=O) groups is 1. The van der Waals surface area contributed by atoms with Gasteiger partial charge in [-0.15, -0.1) is 0 Å². The number of pyridine rings is 1. The van der Waals surface area contributed by atoms with E-state index in [0.717, 1.165) is 43.4 Å². The second-order valence-corrected chi connectivity index (χ2v) is 7.59. The Morgan fingerprint density at radius 1 is 1.21 bits per heavy atom. The first kappa shape index (κ1) is 18.7. The van der Waals surface area contributed by atoms with Gasteiger partial charge in [-0.1, -0.05) is 30.3 Å². The second-order valence-electron chi connectivity index (χ2n) is 7.59. The van der Waals surface area contributed by atoms with Crippen LogP contribution in [0.15, 0.2) is 54.7 Å². The van der Waals surface area contributed by atoms with E-state index in [4.69, 9.17) is 0 Å². The number of fused-ring (bicyclic) bond motifs is 1. The quantitative estimate of drug-likeness (QED) is 0.680. The fourth-order valence-corrected chi connectivity index (χ4v) is 4.28. The summed E-state index contributed by atoms with van der Waals surface area (Å²) in [6.07, 6.45) is 6.15. The highest BCUT2D eigenvalue weighted by molar-refractivity contribution is 5.97. The second kappa shape index (κ2) is 8.57. The highest BCUT2D eigenvalue weighted by atomic mass is 16.2. The number of carbonyl (C=O) groups excluding carboxylic acids is 1. The summed E-state index contributed by atoms with van der Waals surface area (Å²) in [6.45, 7) is 3.67. The molecule has 1 aliphatic rings. The van der Waals surface area contributed by atoms with Crippen LogP contribution in [0.4, 0.5) is 0 Å². The number of nitrogens with one attached hydrogen (secondary N) is 2. The van der Waals surface area contributed by atoms with E-state index in [0.29, 0.717) is 11.7 Å². The molecule has 0 aliphatic heterocycles. The van der Waals surface area contributed by atoms with Crippen molar-refractivity contribution in [1.82, 2.24) is 20.2 Å². The molecule has 5 heteroatoms. The van der Waals surface area contributed by atoms with Crippen molar-refractivity contribution in [3.63, 3.8) is 0 Å². The van der Waals surface area contributed by atoms with Gasteiger partial charge in [0.2, 0.25) is 0 Å². The molecular formula is C23H28N4O. The van der Waals surface area contributed by atoms with Crippen LogP contribution in [-0.4, -0.2) is 39.4 Å². The van der Waals surface area contributed by atoms with Crippen LogP contribution >= 0.6 is 0 Å². The van der Waals surface area contributed by atoms with Gasteiger partial charge in [-0.25, -0.2) is 0 Å². The first-order valence-corrected chi connectivity index (χ1v) is 10.3. The molecule has 146 valence electrons. The molecule has 0 bridgehead atoms. The Balaban J connectivity index is 1.42. The number of amides is 1. The van der Waals surface area contributed by atoms with Gasteiger partial charge in [0.1, 0.15) is 5.69 Å². The Kier molecular flexibility index (Phi) is 5.72. The number of nitrogens with zero attached hydrogens (tertiary/aromatic N) is 2. The average Bonchev–Trinajstić information content (AvgIpc) is 3.18. The van der Waals surface area contributed by atoms with Crippen molar-refractivity contribution in [2.24, 2.45) is 0 Å². The molecule has 4 rings (SSSR count). The van der Waals surface area contributed by atoms with E-state index < -0.39 is 0 Å². The Bertz CT molecular complexity index is 888. The van der Waals surface area contributed by atoms with E-state index in [1.54, 1.807) is 6.20 Å². The van der Waals surface area contributed by atoms with Gasteiger partial charge >= 0.3 is 0 Å². The molecule has 28 heavy (non-hydrogen) atoms. The number of rotatable bonds is 6. The summed E-state index contributed by atoms with van der Waals surface area (Å²) in [5.74, 6) is 0.0780. The third-order valence-corrected chi connectivity index (χ3v) is 5.75. The van der Waals surface area contributed by atoms with Crippen molar-refractivity contribution < 1.29 is 4.79 Å². The van der Waals surface area contributed by atoms with Gasteiger partial charge in [0, 0.05) is 31.4 Å². The maximum absolute atomic E-state index is 13.2. The fourth-order valence-electron chi connectivity index (χ4n) is 4.28. The lowest BCUT2D eigenvalue weighted by molar-refractivity contribution is 0.0623. The van der Waals surface area contributed by atoms with Crippen LogP contribution in [0, 0.1) is 0 Å². The molecule has 1 aromatic carbocycles. The molecular weight excluding hydrogens is 348 g/mol.